The molecule has 0 fully saturated rings. The summed E-state index contributed by atoms with van der Waals surface area (Å²) in [6.07, 6.45) is 6.80. The van der Waals surface area contributed by atoms with Crippen molar-refractivity contribution in [2.75, 3.05) is 19.7 Å². The van der Waals surface area contributed by atoms with Crippen LogP contribution < -0.4 is 10.6 Å². The quantitative estimate of drug-likeness (QED) is 0.415. The second-order valence-electron chi connectivity index (χ2n) is 8.14. The number of nitrogens with one attached hydrogen (secondary N) is 2. The molecule has 0 saturated heterocycles. The lowest BCUT2D eigenvalue weighted by Crippen LogP contribution is -2.41. The molecule has 2 aromatic rings. The molecule has 1 aliphatic heterocycles. The molecule has 2 heterocycles. The zero-order valence-corrected chi connectivity index (χ0v) is 18.2. The molecule has 1 aliphatic carbocycles. The van der Waals surface area contributed by atoms with Gasteiger partial charge in [0.1, 0.15) is 11.6 Å². The van der Waals surface area contributed by atoms with Gasteiger partial charge in [-0.25, -0.2) is 9.67 Å². The van der Waals surface area contributed by atoms with E-state index in [1.807, 2.05) is 11.6 Å². The minimum absolute atomic E-state index is 0.160. The van der Waals surface area contributed by atoms with E-state index in [2.05, 4.69) is 51.9 Å². The molecule has 0 bridgehead atoms. The van der Waals surface area contributed by atoms with Gasteiger partial charge in [-0.3, -0.25) is 4.99 Å². The van der Waals surface area contributed by atoms with E-state index in [1.54, 1.807) is 0 Å². The van der Waals surface area contributed by atoms with Gasteiger partial charge in [0, 0.05) is 26.2 Å². The first-order valence-corrected chi connectivity index (χ1v) is 11.4. The monoisotopic (exact) mass is 410 g/mol. The average Bonchev–Trinajstić information content (AvgIpc) is 3.15. The SMILES string of the molecule is CCNC(=NCCCOC1CCCc2ccccc21)NC1CCCn2nc(C)nc21. The number of aromatic nitrogens is 3. The van der Waals surface area contributed by atoms with Crippen LogP contribution in [0.4, 0.5) is 0 Å². The first kappa shape index (κ1) is 20.8. The maximum Gasteiger partial charge on any atom is 0.191 e. The molecule has 2 N–H and O–H groups in total. The van der Waals surface area contributed by atoms with Gasteiger partial charge >= 0.3 is 0 Å². The number of nitrogens with zero attached hydrogens (tertiary/aromatic N) is 4. The highest BCUT2D eigenvalue weighted by Gasteiger charge is 2.24. The van der Waals surface area contributed by atoms with Crippen LogP contribution in [0.5, 0.6) is 0 Å². The number of aryl methyl sites for hydroxylation is 3. The molecule has 0 radical (unpaired) electrons. The lowest BCUT2D eigenvalue weighted by Gasteiger charge is -2.26. The van der Waals surface area contributed by atoms with Gasteiger partial charge in [0.25, 0.3) is 0 Å². The van der Waals surface area contributed by atoms with Crippen molar-refractivity contribution in [1.29, 1.82) is 0 Å². The molecule has 2 aliphatic rings. The second-order valence-corrected chi connectivity index (χ2v) is 8.14. The highest BCUT2D eigenvalue weighted by atomic mass is 16.5. The maximum absolute atomic E-state index is 6.22. The van der Waals surface area contributed by atoms with Gasteiger partial charge in [0.15, 0.2) is 5.96 Å². The number of hydrogen-bond donors (Lipinski definition) is 2. The molecule has 7 nitrogen and oxygen atoms in total. The Labute approximate surface area is 179 Å². The van der Waals surface area contributed by atoms with Crippen LogP contribution in [0.15, 0.2) is 29.3 Å². The molecule has 30 heavy (non-hydrogen) atoms. The van der Waals surface area contributed by atoms with E-state index in [0.717, 1.165) is 69.5 Å². The molecule has 4 rings (SSSR count). The van der Waals surface area contributed by atoms with Crippen molar-refractivity contribution in [1.82, 2.24) is 25.4 Å². The van der Waals surface area contributed by atoms with Crippen LogP contribution in [0.3, 0.4) is 0 Å². The second kappa shape index (κ2) is 10.1. The van der Waals surface area contributed by atoms with E-state index in [9.17, 15) is 0 Å². The summed E-state index contributed by atoms with van der Waals surface area (Å²) in [6, 6.07) is 8.85. The fourth-order valence-corrected chi connectivity index (χ4v) is 4.45. The number of fused-ring (bicyclic) bond motifs is 2. The molecular weight excluding hydrogens is 376 g/mol. The van der Waals surface area contributed by atoms with Gasteiger partial charge < -0.3 is 15.4 Å². The zero-order chi connectivity index (χ0) is 20.8. The number of rotatable bonds is 7. The van der Waals surface area contributed by atoms with Crippen molar-refractivity contribution >= 4 is 5.96 Å². The Morgan fingerprint density at radius 1 is 1.27 bits per heavy atom. The van der Waals surface area contributed by atoms with E-state index < -0.39 is 0 Å². The van der Waals surface area contributed by atoms with E-state index in [4.69, 9.17) is 9.73 Å². The predicted octanol–water partition coefficient (Wildman–Crippen LogP) is 3.46. The van der Waals surface area contributed by atoms with Crippen LogP contribution in [-0.4, -0.2) is 40.4 Å². The van der Waals surface area contributed by atoms with Crippen molar-refractivity contribution in [2.45, 2.75) is 71.1 Å². The summed E-state index contributed by atoms with van der Waals surface area (Å²) in [6.45, 7) is 7.30. The Morgan fingerprint density at radius 3 is 3.07 bits per heavy atom. The lowest BCUT2D eigenvalue weighted by atomic mass is 9.89. The Morgan fingerprint density at radius 2 is 2.17 bits per heavy atom. The molecule has 0 amide bonds. The number of guanidine groups is 1. The Hall–Kier alpha value is -2.41. The van der Waals surface area contributed by atoms with E-state index >= 15 is 0 Å². The van der Waals surface area contributed by atoms with Gasteiger partial charge in [0.05, 0.1) is 12.1 Å². The van der Waals surface area contributed by atoms with Crippen LogP contribution in [0, 0.1) is 6.92 Å². The first-order chi connectivity index (χ1) is 14.7. The molecular formula is C23H34N6O. The van der Waals surface area contributed by atoms with E-state index in [-0.39, 0.29) is 12.1 Å². The van der Waals surface area contributed by atoms with Crippen LogP contribution >= 0.6 is 0 Å². The third-order valence-electron chi connectivity index (χ3n) is 5.84. The zero-order valence-electron chi connectivity index (χ0n) is 18.2. The summed E-state index contributed by atoms with van der Waals surface area (Å²) >= 11 is 0. The summed E-state index contributed by atoms with van der Waals surface area (Å²) in [5.41, 5.74) is 2.82. The highest BCUT2D eigenvalue weighted by Crippen LogP contribution is 2.32. The number of hydrogen-bond acceptors (Lipinski definition) is 4. The van der Waals surface area contributed by atoms with Crippen molar-refractivity contribution in [3.63, 3.8) is 0 Å². The van der Waals surface area contributed by atoms with Crippen LogP contribution in [-0.2, 0) is 17.7 Å². The fraction of sp³-hybridized carbons (Fsp3) is 0.609. The molecule has 0 spiro atoms. The summed E-state index contributed by atoms with van der Waals surface area (Å²) < 4.78 is 8.24. The summed E-state index contributed by atoms with van der Waals surface area (Å²) in [4.78, 5) is 9.38. The largest absolute Gasteiger partial charge is 0.373 e. The van der Waals surface area contributed by atoms with Crippen molar-refractivity contribution < 1.29 is 4.74 Å². The van der Waals surface area contributed by atoms with Crippen molar-refractivity contribution in [3.05, 3.63) is 47.0 Å². The number of benzene rings is 1. The van der Waals surface area contributed by atoms with Gasteiger partial charge in [-0.2, -0.15) is 5.10 Å². The molecule has 162 valence electrons. The maximum atomic E-state index is 6.22. The fourth-order valence-electron chi connectivity index (χ4n) is 4.45. The average molecular weight is 411 g/mol. The Balaban J connectivity index is 1.28. The van der Waals surface area contributed by atoms with E-state index in [1.165, 1.54) is 24.0 Å². The van der Waals surface area contributed by atoms with Crippen molar-refractivity contribution in [3.8, 4) is 0 Å². The van der Waals surface area contributed by atoms with E-state index in [0.29, 0.717) is 0 Å². The minimum Gasteiger partial charge on any atom is -0.373 e. The first-order valence-electron chi connectivity index (χ1n) is 11.4. The van der Waals surface area contributed by atoms with Crippen LogP contribution in [0.25, 0.3) is 0 Å². The standard InChI is InChI=1S/C23H34N6O/c1-3-24-23(27-20-12-7-15-29-22(20)26-17(2)28-29)25-14-8-16-30-21-13-6-10-18-9-4-5-11-19(18)21/h4-5,9,11,20-21H,3,6-8,10,12-16H2,1-2H3,(H2,24,25,27). The number of ether oxygens (including phenoxy) is 1. The Kier molecular flexibility index (Phi) is 7.00. The third-order valence-corrected chi connectivity index (χ3v) is 5.84. The van der Waals surface area contributed by atoms with Gasteiger partial charge in [-0.15, -0.1) is 0 Å². The topological polar surface area (TPSA) is 76.4 Å². The predicted molar refractivity (Wildman–Crippen MR) is 119 cm³/mol. The summed E-state index contributed by atoms with van der Waals surface area (Å²) in [5, 5.41) is 11.4. The van der Waals surface area contributed by atoms with Crippen molar-refractivity contribution in [2.24, 2.45) is 4.99 Å². The molecule has 1 aromatic carbocycles. The normalized spacial score (nSPS) is 21.1. The molecule has 1 aromatic heterocycles. The van der Waals surface area contributed by atoms with Gasteiger partial charge in [0.2, 0.25) is 0 Å². The molecule has 0 saturated carbocycles. The summed E-state index contributed by atoms with van der Waals surface area (Å²) in [5.74, 6) is 2.70. The number of aliphatic imine (C=N–C) groups is 1. The third kappa shape index (κ3) is 5.01. The molecule has 2 atom stereocenters. The Bertz CT molecular complexity index is 861. The van der Waals surface area contributed by atoms with Crippen LogP contribution in [0.2, 0.25) is 0 Å². The minimum atomic E-state index is 0.160. The lowest BCUT2D eigenvalue weighted by molar-refractivity contribution is 0.0403. The van der Waals surface area contributed by atoms with Crippen LogP contribution in [0.1, 0.15) is 73.9 Å². The summed E-state index contributed by atoms with van der Waals surface area (Å²) in [7, 11) is 0. The smallest absolute Gasteiger partial charge is 0.191 e. The molecule has 2 unspecified atom stereocenters. The van der Waals surface area contributed by atoms with Gasteiger partial charge in [-0.1, -0.05) is 24.3 Å². The van der Waals surface area contributed by atoms with Gasteiger partial charge in [-0.05, 0) is 63.5 Å². The highest BCUT2D eigenvalue weighted by molar-refractivity contribution is 5.80. The molecule has 7 heteroatoms.